The van der Waals surface area contributed by atoms with Gasteiger partial charge in [-0.05, 0) is 57.1 Å². The fourth-order valence-electron chi connectivity index (χ4n) is 3.40. The molecule has 22 heavy (non-hydrogen) atoms. The summed E-state index contributed by atoms with van der Waals surface area (Å²) in [5.74, 6) is 1.44. The molecule has 0 heterocycles. The maximum Gasteiger partial charge on any atom is 0.235 e. The molecule has 2 fully saturated rings. The minimum Gasteiger partial charge on any atom is -0.493 e. The third-order valence-electron chi connectivity index (χ3n) is 4.77. The van der Waals surface area contributed by atoms with Crippen LogP contribution in [0.15, 0.2) is 21.6 Å². The molecule has 0 spiro atoms. The van der Waals surface area contributed by atoms with Crippen molar-refractivity contribution in [1.29, 1.82) is 0 Å². The van der Waals surface area contributed by atoms with Crippen molar-refractivity contribution >= 4 is 22.0 Å². The lowest BCUT2D eigenvalue weighted by Gasteiger charge is -2.38. The van der Waals surface area contributed by atoms with Crippen molar-refractivity contribution in [2.45, 2.75) is 56.6 Å². The lowest BCUT2D eigenvalue weighted by molar-refractivity contribution is 0.182. The van der Waals surface area contributed by atoms with Gasteiger partial charge in [0, 0.05) is 10.0 Å². The molecule has 0 aliphatic heterocycles. The number of nitrogens with zero attached hydrogens (tertiary/aromatic N) is 1. The van der Waals surface area contributed by atoms with Crippen LogP contribution >= 0.6 is 15.9 Å². The summed E-state index contributed by atoms with van der Waals surface area (Å²) in [7, 11) is 1.64. The molecule has 1 aromatic rings. The van der Waals surface area contributed by atoms with Crippen molar-refractivity contribution in [3.8, 4) is 11.5 Å². The van der Waals surface area contributed by atoms with Gasteiger partial charge in [0.15, 0.2) is 11.5 Å². The normalized spacial score (nSPS) is 20.1. The van der Waals surface area contributed by atoms with E-state index in [-0.39, 0.29) is 6.10 Å². The Morgan fingerprint density at radius 3 is 2.55 bits per heavy atom. The number of hydrogen-bond donors (Lipinski definition) is 0. The van der Waals surface area contributed by atoms with Crippen LogP contribution in [0.3, 0.4) is 0 Å². The molecule has 0 atom stereocenters. The molecule has 118 valence electrons. The molecule has 0 amide bonds. The molecule has 1 aromatic carbocycles. The number of hydrogen-bond acceptors (Lipinski definition) is 4. The van der Waals surface area contributed by atoms with E-state index in [2.05, 4.69) is 20.9 Å². The monoisotopic (exact) mass is 365 g/mol. The van der Waals surface area contributed by atoms with Gasteiger partial charge in [0.1, 0.15) is 5.54 Å². The Morgan fingerprint density at radius 1 is 1.27 bits per heavy atom. The number of methoxy groups -OCH3 is 1. The van der Waals surface area contributed by atoms with E-state index in [0.29, 0.717) is 5.75 Å². The Balaban J connectivity index is 2.06. The first kappa shape index (κ1) is 15.6. The fourth-order valence-corrected chi connectivity index (χ4v) is 3.84. The van der Waals surface area contributed by atoms with Crippen molar-refractivity contribution in [2.75, 3.05) is 7.11 Å². The largest absolute Gasteiger partial charge is 0.493 e. The maximum absolute atomic E-state index is 10.9. The first-order chi connectivity index (χ1) is 10.7. The maximum atomic E-state index is 10.9. The van der Waals surface area contributed by atoms with Gasteiger partial charge in [0.2, 0.25) is 6.08 Å². The summed E-state index contributed by atoms with van der Waals surface area (Å²) in [6.45, 7) is 0. The summed E-state index contributed by atoms with van der Waals surface area (Å²) in [5.41, 5.74) is 0.451. The summed E-state index contributed by atoms with van der Waals surface area (Å²) in [5, 5.41) is 0. The molecule has 3 rings (SSSR count). The number of carbonyl (C=O) groups excluding carboxylic acids is 1. The number of benzene rings is 1. The highest BCUT2D eigenvalue weighted by Crippen LogP contribution is 2.52. The lowest BCUT2D eigenvalue weighted by Crippen LogP contribution is -2.33. The van der Waals surface area contributed by atoms with Crippen molar-refractivity contribution in [1.82, 2.24) is 0 Å². The molecule has 2 aliphatic carbocycles. The molecular formula is C17H20BrNO3. The molecule has 0 N–H and O–H groups in total. The summed E-state index contributed by atoms with van der Waals surface area (Å²) < 4.78 is 12.7. The molecule has 0 radical (unpaired) electrons. The highest BCUT2D eigenvalue weighted by atomic mass is 79.9. The molecule has 5 heteroatoms. The molecule has 0 aromatic heterocycles. The van der Waals surface area contributed by atoms with Gasteiger partial charge in [-0.15, -0.1) is 0 Å². The molecule has 0 bridgehead atoms. The number of isocyanates is 1. The summed E-state index contributed by atoms with van der Waals surface area (Å²) >= 11 is 3.52. The fraction of sp³-hybridized carbons (Fsp3) is 0.588. The lowest BCUT2D eigenvalue weighted by atomic mass is 9.72. The molecular weight excluding hydrogens is 346 g/mol. The van der Waals surface area contributed by atoms with Crippen LogP contribution in [-0.2, 0) is 10.3 Å². The van der Waals surface area contributed by atoms with Gasteiger partial charge in [-0.2, -0.15) is 4.99 Å². The van der Waals surface area contributed by atoms with E-state index in [4.69, 9.17) is 9.47 Å². The third-order valence-corrected chi connectivity index (χ3v) is 5.23. The predicted molar refractivity (Wildman–Crippen MR) is 87.2 cm³/mol. The van der Waals surface area contributed by atoms with Crippen LogP contribution in [0, 0.1) is 0 Å². The van der Waals surface area contributed by atoms with Crippen LogP contribution in [0.2, 0.25) is 0 Å². The predicted octanol–water partition coefficient (Wildman–Crippen LogP) is 4.49. The van der Waals surface area contributed by atoms with E-state index < -0.39 is 5.54 Å². The topological polar surface area (TPSA) is 47.9 Å². The van der Waals surface area contributed by atoms with Crippen LogP contribution in [-0.4, -0.2) is 19.3 Å². The van der Waals surface area contributed by atoms with Gasteiger partial charge >= 0.3 is 0 Å². The zero-order chi connectivity index (χ0) is 15.6. The Hall–Kier alpha value is -1.32. The number of rotatable bonds is 5. The van der Waals surface area contributed by atoms with Gasteiger partial charge in [0.25, 0.3) is 0 Å². The van der Waals surface area contributed by atoms with E-state index >= 15 is 0 Å². The zero-order valence-electron chi connectivity index (χ0n) is 12.7. The molecule has 4 nitrogen and oxygen atoms in total. The third kappa shape index (κ3) is 2.80. The molecule has 2 saturated carbocycles. The summed E-state index contributed by atoms with van der Waals surface area (Å²) in [6, 6.07) is 3.91. The minimum atomic E-state index is -0.493. The second kappa shape index (κ2) is 6.43. The first-order valence-electron chi connectivity index (χ1n) is 7.82. The van der Waals surface area contributed by atoms with E-state index in [0.717, 1.165) is 47.9 Å². The van der Waals surface area contributed by atoms with Gasteiger partial charge in [-0.25, -0.2) is 4.79 Å². The zero-order valence-corrected chi connectivity index (χ0v) is 14.3. The number of ether oxygens (including phenoxy) is 2. The highest BCUT2D eigenvalue weighted by molar-refractivity contribution is 9.10. The van der Waals surface area contributed by atoms with Crippen LogP contribution < -0.4 is 9.47 Å². The summed E-state index contributed by atoms with van der Waals surface area (Å²) in [4.78, 5) is 15.0. The van der Waals surface area contributed by atoms with Gasteiger partial charge in [-0.3, -0.25) is 0 Å². The van der Waals surface area contributed by atoms with Crippen LogP contribution in [0.5, 0.6) is 11.5 Å². The van der Waals surface area contributed by atoms with Gasteiger partial charge in [-0.1, -0.05) is 15.9 Å². The summed E-state index contributed by atoms with van der Waals surface area (Å²) in [6.07, 6.45) is 9.29. The van der Waals surface area contributed by atoms with E-state index in [1.807, 2.05) is 12.1 Å². The van der Waals surface area contributed by atoms with Gasteiger partial charge in [0.05, 0.1) is 13.2 Å². The Morgan fingerprint density at radius 2 is 2.00 bits per heavy atom. The van der Waals surface area contributed by atoms with Crippen molar-refractivity contribution in [3.05, 3.63) is 22.2 Å². The van der Waals surface area contributed by atoms with Crippen molar-refractivity contribution in [3.63, 3.8) is 0 Å². The van der Waals surface area contributed by atoms with Crippen LogP contribution in [0.25, 0.3) is 0 Å². The van der Waals surface area contributed by atoms with Gasteiger partial charge < -0.3 is 9.47 Å². The second-order valence-corrected chi connectivity index (χ2v) is 7.01. The van der Waals surface area contributed by atoms with Crippen LogP contribution in [0.4, 0.5) is 0 Å². The minimum absolute atomic E-state index is 0.228. The SMILES string of the molecule is COc1cc(Br)cc(C2(N=C=O)CCC2)c1OC1CCCC1. The average molecular weight is 366 g/mol. The molecule has 0 unspecified atom stereocenters. The van der Waals surface area contributed by atoms with Crippen molar-refractivity contribution in [2.24, 2.45) is 4.99 Å². The van der Waals surface area contributed by atoms with Crippen LogP contribution in [0.1, 0.15) is 50.5 Å². The number of aliphatic imine (C=N–C) groups is 1. The van der Waals surface area contributed by atoms with E-state index in [1.54, 1.807) is 13.2 Å². The Kier molecular flexibility index (Phi) is 4.55. The quantitative estimate of drug-likeness (QED) is 0.570. The Labute approximate surface area is 139 Å². The first-order valence-corrected chi connectivity index (χ1v) is 8.61. The molecule has 0 saturated heterocycles. The van der Waals surface area contributed by atoms with Crippen molar-refractivity contribution < 1.29 is 14.3 Å². The Bertz CT molecular complexity index is 600. The standard InChI is InChI=1S/C17H20BrNO3/c1-21-15-10-12(18)9-14(17(19-11-20)7-4-8-17)16(15)22-13-5-2-3-6-13/h9-10,13H,2-8H2,1H3. The smallest absolute Gasteiger partial charge is 0.235 e. The highest BCUT2D eigenvalue weighted by Gasteiger charge is 2.42. The molecule has 2 aliphatic rings. The average Bonchev–Trinajstić information content (AvgIpc) is 2.97. The van der Waals surface area contributed by atoms with E-state index in [1.165, 1.54) is 12.8 Å². The second-order valence-electron chi connectivity index (χ2n) is 6.10. The number of halogens is 1. The van der Waals surface area contributed by atoms with E-state index in [9.17, 15) is 4.79 Å².